The SMILES string of the molecule is COC(=O)CN(C(=O)c1cc2c(cc1N)OCO2)C(C)C. The zero-order chi connectivity index (χ0) is 15.6. The maximum Gasteiger partial charge on any atom is 0.325 e. The van der Waals surface area contributed by atoms with Gasteiger partial charge in [0.1, 0.15) is 6.54 Å². The summed E-state index contributed by atoms with van der Waals surface area (Å²) in [6.07, 6.45) is 0. The number of anilines is 1. The monoisotopic (exact) mass is 294 g/mol. The highest BCUT2D eigenvalue weighted by molar-refractivity contribution is 6.01. The third-order valence-corrected chi connectivity index (χ3v) is 3.19. The lowest BCUT2D eigenvalue weighted by Gasteiger charge is -2.26. The van der Waals surface area contributed by atoms with Crippen molar-refractivity contribution in [1.29, 1.82) is 0 Å². The lowest BCUT2D eigenvalue weighted by atomic mass is 10.1. The van der Waals surface area contributed by atoms with Gasteiger partial charge in [0.15, 0.2) is 11.5 Å². The number of esters is 1. The third-order valence-electron chi connectivity index (χ3n) is 3.19. The van der Waals surface area contributed by atoms with E-state index in [0.717, 1.165) is 0 Å². The molecular weight excluding hydrogens is 276 g/mol. The molecule has 1 aliphatic heterocycles. The summed E-state index contributed by atoms with van der Waals surface area (Å²) in [6.45, 7) is 3.58. The highest BCUT2D eigenvalue weighted by Crippen LogP contribution is 2.36. The summed E-state index contributed by atoms with van der Waals surface area (Å²) in [5.41, 5.74) is 6.45. The Hall–Kier alpha value is -2.44. The van der Waals surface area contributed by atoms with E-state index >= 15 is 0 Å². The predicted octanol–water partition coefficient (Wildman–Crippen LogP) is 1.02. The molecule has 114 valence electrons. The van der Waals surface area contributed by atoms with Crippen LogP contribution in [0.25, 0.3) is 0 Å². The van der Waals surface area contributed by atoms with E-state index in [1.165, 1.54) is 18.1 Å². The van der Waals surface area contributed by atoms with Crippen molar-refractivity contribution in [2.24, 2.45) is 0 Å². The molecule has 0 saturated carbocycles. The molecule has 1 aromatic carbocycles. The fourth-order valence-corrected chi connectivity index (χ4v) is 1.99. The first-order chi connectivity index (χ1) is 9.93. The summed E-state index contributed by atoms with van der Waals surface area (Å²) in [4.78, 5) is 25.4. The van der Waals surface area contributed by atoms with Crippen molar-refractivity contribution in [2.45, 2.75) is 19.9 Å². The van der Waals surface area contributed by atoms with Crippen LogP contribution in [0.1, 0.15) is 24.2 Å². The third kappa shape index (κ3) is 3.01. The minimum Gasteiger partial charge on any atom is -0.468 e. The van der Waals surface area contributed by atoms with Crippen molar-refractivity contribution in [1.82, 2.24) is 4.90 Å². The number of carbonyl (C=O) groups is 2. The second-order valence-corrected chi connectivity index (χ2v) is 4.90. The molecule has 0 fully saturated rings. The Bertz CT molecular complexity index is 571. The van der Waals surface area contributed by atoms with Gasteiger partial charge in [-0.1, -0.05) is 0 Å². The van der Waals surface area contributed by atoms with Crippen LogP contribution in [0.5, 0.6) is 11.5 Å². The minimum atomic E-state index is -0.489. The number of hydrogen-bond donors (Lipinski definition) is 1. The van der Waals surface area contributed by atoms with Crippen molar-refractivity contribution in [2.75, 3.05) is 26.2 Å². The molecule has 1 heterocycles. The number of amides is 1. The van der Waals surface area contributed by atoms with Gasteiger partial charge in [0.05, 0.1) is 12.7 Å². The van der Waals surface area contributed by atoms with Crippen LogP contribution in [0.15, 0.2) is 12.1 Å². The van der Waals surface area contributed by atoms with Crippen LogP contribution < -0.4 is 15.2 Å². The van der Waals surface area contributed by atoms with E-state index < -0.39 is 5.97 Å². The van der Waals surface area contributed by atoms with E-state index in [-0.39, 0.29) is 36.5 Å². The molecule has 7 heteroatoms. The number of ether oxygens (including phenoxy) is 3. The topological polar surface area (TPSA) is 91.1 Å². The Morgan fingerprint density at radius 1 is 1.33 bits per heavy atom. The summed E-state index contributed by atoms with van der Waals surface area (Å²) in [7, 11) is 1.28. The van der Waals surface area contributed by atoms with E-state index in [2.05, 4.69) is 4.74 Å². The zero-order valence-electron chi connectivity index (χ0n) is 12.2. The van der Waals surface area contributed by atoms with Gasteiger partial charge in [0.2, 0.25) is 6.79 Å². The maximum absolute atomic E-state index is 12.6. The first kappa shape index (κ1) is 15.0. The van der Waals surface area contributed by atoms with Gasteiger partial charge >= 0.3 is 5.97 Å². The maximum atomic E-state index is 12.6. The van der Waals surface area contributed by atoms with Gasteiger partial charge in [0, 0.05) is 17.8 Å². The quantitative estimate of drug-likeness (QED) is 0.658. The van der Waals surface area contributed by atoms with Crippen LogP contribution in [0, 0.1) is 0 Å². The molecule has 0 saturated heterocycles. The average molecular weight is 294 g/mol. The first-order valence-corrected chi connectivity index (χ1v) is 6.51. The average Bonchev–Trinajstić information content (AvgIpc) is 2.89. The van der Waals surface area contributed by atoms with Gasteiger partial charge in [-0.05, 0) is 19.9 Å². The fraction of sp³-hybridized carbons (Fsp3) is 0.429. The Labute approximate surface area is 122 Å². The highest BCUT2D eigenvalue weighted by Gasteiger charge is 2.26. The van der Waals surface area contributed by atoms with E-state index in [4.69, 9.17) is 15.2 Å². The molecule has 1 aliphatic rings. The van der Waals surface area contributed by atoms with Gasteiger partial charge in [-0.2, -0.15) is 0 Å². The molecule has 0 atom stereocenters. The zero-order valence-corrected chi connectivity index (χ0v) is 12.2. The lowest BCUT2D eigenvalue weighted by molar-refractivity contribution is -0.141. The molecule has 0 spiro atoms. The second kappa shape index (κ2) is 5.90. The molecule has 2 rings (SSSR count). The number of nitrogens with two attached hydrogens (primary N) is 1. The number of nitrogen functional groups attached to an aromatic ring is 1. The molecule has 0 aromatic heterocycles. The summed E-state index contributed by atoms with van der Waals surface area (Å²) >= 11 is 0. The van der Waals surface area contributed by atoms with Crippen LogP contribution in [0.2, 0.25) is 0 Å². The van der Waals surface area contributed by atoms with Crippen molar-refractivity contribution in [3.05, 3.63) is 17.7 Å². The Balaban J connectivity index is 2.30. The lowest BCUT2D eigenvalue weighted by Crippen LogP contribution is -2.41. The molecular formula is C14H18N2O5. The Kier molecular flexibility index (Phi) is 4.21. The number of nitrogens with zero attached hydrogens (tertiary/aromatic N) is 1. The summed E-state index contributed by atoms with van der Waals surface area (Å²) < 4.78 is 15.1. The standard InChI is InChI=1S/C14H18N2O5/c1-8(2)16(6-13(17)19-3)14(18)9-4-11-12(5-10(9)15)21-7-20-11/h4-5,8H,6-7,15H2,1-3H3. The van der Waals surface area contributed by atoms with E-state index in [1.807, 2.05) is 13.8 Å². The van der Waals surface area contributed by atoms with Gasteiger partial charge in [-0.25, -0.2) is 0 Å². The number of fused-ring (bicyclic) bond motifs is 1. The number of benzene rings is 1. The molecule has 0 bridgehead atoms. The Morgan fingerprint density at radius 3 is 2.52 bits per heavy atom. The van der Waals surface area contributed by atoms with Crippen LogP contribution >= 0.6 is 0 Å². The van der Waals surface area contributed by atoms with E-state index in [1.54, 1.807) is 6.07 Å². The van der Waals surface area contributed by atoms with Crippen LogP contribution in [-0.4, -0.2) is 43.3 Å². The van der Waals surface area contributed by atoms with Crippen molar-refractivity contribution < 1.29 is 23.8 Å². The van der Waals surface area contributed by atoms with Crippen molar-refractivity contribution >= 4 is 17.6 Å². The van der Waals surface area contributed by atoms with E-state index in [0.29, 0.717) is 11.5 Å². The molecule has 0 radical (unpaired) electrons. The number of carbonyl (C=O) groups excluding carboxylic acids is 2. The van der Waals surface area contributed by atoms with Gasteiger partial charge in [0.25, 0.3) is 5.91 Å². The predicted molar refractivity (Wildman–Crippen MR) is 75.2 cm³/mol. The summed E-state index contributed by atoms with van der Waals surface area (Å²) in [6, 6.07) is 2.90. The van der Waals surface area contributed by atoms with Crippen molar-refractivity contribution in [3.8, 4) is 11.5 Å². The molecule has 1 aromatic rings. The molecule has 0 aliphatic carbocycles. The number of hydrogen-bond acceptors (Lipinski definition) is 6. The molecule has 21 heavy (non-hydrogen) atoms. The van der Waals surface area contributed by atoms with Gasteiger partial charge in [-0.15, -0.1) is 0 Å². The first-order valence-electron chi connectivity index (χ1n) is 6.51. The number of methoxy groups -OCH3 is 1. The smallest absolute Gasteiger partial charge is 0.325 e. The second-order valence-electron chi connectivity index (χ2n) is 4.90. The molecule has 2 N–H and O–H groups in total. The molecule has 7 nitrogen and oxygen atoms in total. The van der Waals surface area contributed by atoms with Crippen LogP contribution in [-0.2, 0) is 9.53 Å². The molecule has 0 unspecified atom stereocenters. The summed E-state index contributed by atoms with van der Waals surface area (Å²) in [5.74, 6) is 0.130. The van der Waals surface area contributed by atoms with Crippen molar-refractivity contribution in [3.63, 3.8) is 0 Å². The van der Waals surface area contributed by atoms with Crippen LogP contribution in [0.4, 0.5) is 5.69 Å². The van der Waals surface area contributed by atoms with E-state index in [9.17, 15) is 9.59 Å². The fourth-order valence-electron chi connectivity index (χ4n) is 1.99. The van der Waals surface area contributed by atoms with Gasteiger partial charge < -0.3 is 24.8 Å². The van der Waals surface area contributed by atoms with Crippen LogP contribution in [0.3, 0.4) is 0 Å². The minimum absolute atomic E-state index is 0.0997. The Morgan fingerprint density at radius 2 is 1.95 bits per heavy atom. The largest absolute Gasteiger partial charge is 0.468 e. The molecule has 1 amide bonds. The normalized spacial score (nSPS) is 12.4. The highest BCUT2D eigenvalue weighted by atomic mass is 16.7. The number of rotatable bonds is 4. The summed E-state index contributed by atoms with van der Waals surface area (Å²) in [5, 5.41) is 0. The van der Waals surface area contributed by atoms with Gasteiger partial charge in [-0.3, -0.25) is 9.59 Å².